The number of nitrogens with zero attached hydrogens (tertiary/aromatic N) is 1. The van der Waals surface area contributed by atoms with Crippen LogP contribution in [0, 0.1) is 0 Å². The van der Waals surface area contributed by atoms with E-state index in [2.05, 4.69) is 4.98 Å². The molecule has 160 valence electrons. The van der Waals surface area contributed by atoms with Gasteiger partial charge in [0.1, 0.15) is 5.75 Å². The Labute approximate surface area is 181 Å². The second kappa shape index (κ2) is 8.27. The number of nitrogens with one attached hydrogen (secondary N) is 1. The number of thiazole rings is 1. The lowest BCUT2D eigenvalue weighted by Crippen LogP contribution is -2.35. The Bertz CT molecular complexity index is 1210. The van der Waals surface area contributed by atoms with Crippen LogP contribution in [0.1, 0.15) is 38.3 Å². The van der Waals surface area contributed by atoms with Gasteiger partial charge in [0, 0.05) is 12.8 Å². The molecule has 0 unspecified atom stereocenters. The number of aromatic carboxylic acids is 1. The van der Waals surface area contributed by atoms with Crippen LogP contribution in [0.15, 0.2) is 41.2 Å². The molecule has 2 aromatic carbocycles. The van der Waals surface area contributed by atoms with E-state index in [9.17, 15) is 19.5 Å². The van der Waals surface area contributed by atoms with Gasteiger partial charge in [-0.05, 0) is 41.3 Å². The number of carboxylic acids is 1. The number of fused-ring (bicyclic) bond motifs is 1. The van der Waals surface area contributed by atoms with E-state index in [1.165, 1.54) is 19.2 Å². The Morgan fingerprint density at radius 3 is 2.52 bits per heavy atom. The van der Waals surface area contributed by atoms with Crippen molar-refractivity contribution in [1.82, 2.24) is 4.98 Å². The van der Waals surface area contributed by atoms with Crippen LogP contribution in [0.3, 0.4) is 0 Å². The number of H-pyrrole nitrogens is 1. The van der Waals surface area contributed by atoms with Crippen LogP contribution in [0.25, 0.3) is 0 Å². The fourth-order valence-electron chi connectivity index (χ4n) is 3.80. The number of aromatic amines is 1. The number of benzene rings is 2. The molecule has 0 aliphatic carbocycles. The zero-order chi connectivity index (χ0) is 22.1. The van der Waals surface area contributed by atoms with Crippen molar-refractivity contribution in [2.45, 2.75) is 25.8 Å². The molecule has 0 radical (unpaired) electrons. The van der Waals surface area contributed by atoms with Crippen molar-refractivity contribution >= 4 is 28.9 Å². The van der Waals surface area contributed by atoms with Gasteiger partial charge in [-0.15, -0.1) is 0 Å². The number of carboxylic acid groups (broad SMARTS) is 1. The minimum Gasteiger partial charge on any atom is -0.495 e. The van der Waals surface area contributed by atoms with Crippen LogP contribution in [0.5, 0.6) is 11.6 Å². The lowest BCUT2D eigenvalue weighted by Gasteiger charge is -2.32. The maximum Gasteiger partial charge on any atom is 0.335 e. The number of amides is 1. The number of rotatable bonds is 6. The summed E-state index contributed by atoms with van der Waals surface area (Å²) < 4.78 is 5.54. The fraction of sp³-hybridized carbons (Fsp3) is 0.227. The maximum absolute atomic E-state index is 12.8. The number of aromatic hydroxyl groups is 1. The van der Waals surface area contributed by atoms with Crippen molar-refractivity contribution in [2.24, 2.45) is 0 Å². The van der Waals surface area contributed by atoms with Gasteiger partial charge in [0.15, 0.2) is 0 Å². The molecule has 2 heterocycles. The molecular formula is C22H20N2O6S. The summed E-state index contributed by atoms with van der Waals surface area (Å²) in [5, 5.41) is 19.1. The average molecular weight is 440 g/mol. The molecule has 1 aliphatic heterocycles. The first kappa shape index (κ1) is 20.7. The van der Waals surface area contributed by atoms with Crippen molar-refractivity contribution in [3.8, 4) is 11.6 Å². The van der Waals surface area contributed by atoms with Gasteiger partial charge in [-0.2, -0.15) is 0 Å². The van der Waals surface area contributed by atoms with Crippen molar-refractivity contribution in [3.63, 3.8) is 0 Å². The quantitative estimate of drug-likeness (QED) is 0.542. The Morgan fingerprint density at radius 2 is 1.90 bits per heavy atom. The Hall–Kier alpha value is -3.59. The molecule has 8 nitrogen and oxygen atoms in total. The molecule has 0 bridgehead atoms. The number of ether oxygens (including phenoxy) is 1. The standard InChI is InChI=1S/C22H20N2O6S/c1-30-16-8-6-14(10-17-20(26)23-22(29)31-17)15-7-9-18(25)24(19(15)16)11-12-2-4-13(5-3-12)21(27)28/h2-6,8,26H,7,9-11H2,1H3,(H,23,29)(H,27,28). The second-order valence-corrected chi connectivity index (χ2v) is 8.27. The Morgan fingerprint density at radius 1 is 1.16 bits per heavy atom. The van der Waals surface area contributed by atoms with Gasteiger partial charge in [-0.1, -0.05) is 29.5 Å². The van der Waals surface area contributed by atoms with Crippen molar-refractivity contribution < 1.29 is 24.5 Å². The summed E-state index contributed by atoms with van der Waals surface area (Å²) in [7, 11) is 1.54. The van der Waals surface area contributed by atoms with Crippen LogP contribution >= 0.6 is 11.3 Å². The summed E-state index contributed by atoms with van der Waals surface area (Å²) in [4.78, 5) is 39.7. The lowest BCUT2D eigenvalue weighted by atomic mass is 9.92. The number of anilines is 1. The van der Waals surface area contributed by atoms with Crippen LogP contribution in [0.2, 0.25) is 0 Å². The van der Waals surface area contributed by atoms with E-state index >= 15 is 0 Å². The molecule has 1 amide bonds. The number of hydrogen-bond donors (Lipinski definition) is 3. The number of methoxy groups -OCH3 is 1. The highest BCUT2D eigenvalue weighted by molar-refractivity contribution is 7.09. The summed E-state index contributed by atoms with van der Waals surface area (Å²) in [5.41, 5.74) is 3.47. The number of carbonyl (C=O) groups excluding carboxylic acids is 1. The van der Waals surface area contributed by atoms with E-state index in [0.29, 0.717) is 35.6 Å². The molecule has 0 saturated heterocycles. The highest BCUT2D eigenvalue weighted by atomic mass is 32.1. The van der Waals surface area contributed by atoms with E-state index in [1.54, 1.807) is 23.1 Å². The van der Waals surface area contributed by atoms with E-state index in [4.69, 9.17) is 9.84 Å². The normalized spacial score (nSPS) is 13.2. The second-order valence-electron chi connectivity index (χ2n) is 7.20. The average Bonchev–Trinajstić information content (AvgIpc) is 3.07. The molecule has 4 rings (SSSR count). The molecule has 0 spiro atoms. The first-order valence-electron chi connectivity index (χ1n) is 9.59. The third-order valence-corrected chi connectivity index (χ3v) is 6.19. The molecule has 9 heteroatoms. The van der Waals surface area contributed by atoms with Gasteiger partial charge >= 0.3 is 10.8 Å². The molecule has 0 fully saturated rings. The fourth-order valence-corrected chi connectivity index (χ4v) is 4.55. The van der Waals surface area contributed by atoms with Gasteiger partial charge in [0.05, 0.1) is 29.8 Å². The van der Waals surface area contributed by atoms with E-state index in [0.717, 1.165) is 28.0 Å². The topological polar surface area (TPSA) is 120 Å². The predicted octanol–water partition coefficient (Wildman–Crippen LogP) is 2.92. The molecule has 0 atom stereocenters. The zero-order valence-electron chi connectivity index (χ0n) is 16.7. The van der Waals surface area contributed by atoms with Crippen molar-refractivity contribution in [1.29, 1.82) is 0 Å². The minimum absolute atomic E-state index is 0.0561. The van der Waals surface area contributed by atoms with Crippen LogP contribution in [0.4, 0.5) is 5.69 Å². The summed E-state index contributed by atoms with van der Waals surface area (Å²) in [6.07, 6.45) is 1.20. The molecule has 1 aliphatic rings. The third kappa shape index (κ3) is 4.04. The number of carbonyl (C=O) groups is 2. The smallest absolute Gasteiger partial charge is 0.335 e. The minimum atomic E-state index is -1.01. The molecule has 31 heavy (non-hydrogen) atoms. The molecule has 1 aromatic heterocycles. The molecule has 0 saturated carbocycles. The first-order chi connectivity index (χ1) is 14.9. The summed E-state index contributed by atoms with van der Waals surface area (Å²) in [6.45, 7) is 0.272. The summed E-state index contributed by atoms with van der Waals surface area (Å²) in [6, 6.07) is 10.1. The monoisotopic (exact) mass is 440 g/mol. The van der Waals surface area contributed by atoms with Crippen LogP contribution in [-0.4, -0.2) is 34.2 Å². The highest BCUT2D eigenvalue weighted by Gasteiger charge is 2.30. The van der Waals surface area contributed by atoms with Gasteiger partial charge in [0.2, 0.25) is 11.8 Å². The van der Waals surface area contributed by atoms with E-state index in [1.807, 2.05) is 6.07 Å². The number of hydrogen-bond acceptors (Lipinski definition) is 6. The lowest BCUT2D eigenvalue weighted by molar-refractivity contribution is -0.119. The maximum atomic E-state index is 12.8. The highest BCUT2D eigenvalue weighted by Crippen LogP contribution is 2.40. The van der Waals surface area contributed by atoms with Crippen LogP contribution < -0.4 is 14.5 Å². The van der Waals surface area contributed by atoms with Gasteiger partial charge < -0.3 is 19.8 Å². The SMILES string of the molecule is COc1ccc(Cc2sc(=O)[nH]c2O)c2c1N(Cc1ccc(C(=O)O)cc1)C(=O)CC2. The van der Waals surface area contributed by atoms with Crippen LogP contribution in [-0.2, 0) is 24.2 Å². The first-order valence-corrected chi connectivity index (χ1v) is 10.4. The molecular weight excluding hydrogens is 420 g/mol. The Balaban J connectivity index is 1.73. The molecule has 3 N–H and O–H groups in total. The summed E-state index contributed by atoms with van der Waals surface area (Å²) >= 11 is 0.957. The molecule has 3 aromatic rings. The van der Waals surface area contributed by atoms with Crippen molar-refractivity contribution in [3.05, 3.63) is 73.2 Å². The van der Waals surface area contributed by atoms with Crippen molar-refractivity contribution in [2.75, 3.05) is 12.0 Å². The van der Waals surface area contributed by atoms with Gasteiger partial charge in [0.25, 0.3) is 0 Å². The summed E-state index contributed by atoms with van der Waals surface area (Å²) in [5.74, 6) is -0.644. The van der Waals surface area contributed by atoms with E-state index < -0.39 is 5.97 Å². The largest absolute Gasteiger partial charge is 0.495 e. The Kier molecular flexibility index (Phi) is 5.51. The third-order valence-electron chi connectivity index (χ3n) is 5.32. The van der Waals surface area contributed by atoms with Gasteiger partial charge in [-0.25, -0.2) is 4.79 Å². The van der Waals surface area contributed by atoms with E-state index in [-0.39, 0.29) is 28.8 Å². The van der Waals surface area contributed by atoms with Gasteiger partial charge in [-0.3, -0.25) is 14.6 Å². The zero-order valence-corrected chi connectivity index (χ0v) is 17.5. The number of aromatic nitrogens is 1. The predicted molar refractivity (Wildman–Crippen MR) is 115 cm³/mol.